The van der Waals surface area contributed by atoms with Crippen molar-refractivity contribution in [2.45, 2.75) is 38.1 Å². The first-order valence-electron chi connectivity index (χ1n) is 8.29. The van der Waals surface area contributed by atoms with Crippen LogP contribution in [0.2, 0.25) is 0 Å². The Bertz CT molecular complexity index is 886. The highest BCUT2D eigenvalue weighted by Gasteiger charge is 2.20. The molecule has 1 amide bonds. The Kier molecular flexibility index (Phi) is 5.92. The van der Waals surface area contributed by atoms with E-state index >= 15 is 0 Å². The molecule has 0 spiro atoms. The van der Waals surface area contributed by atoms with Crippen LogP contribution in [0.25, 0.3) is 0 Å². The number of nitrogens with one attached hydrogen (secondary N) is 2. The first kappa shape index (κ1) is 19.8. The summed E-state index contributed by atoms with van der Waals surface area (Å²) in [7, 11) is -3.86. The Morgan fingerprint density at radius 3 is 2.42 bits per heavy atom. The van der Waals surface area contributed by atoms with E-state index in [-0.39, 0.29) is 16.4 Å². The van der Waals surface area contributed by atoms with Gasteiger partial charge in [-0.15, -0.1) is 0 Å². The van der Waals surface area contributed by atoms with Crippen LogP contribution in [-0.2, 0) is 10.0 Å². The molecular formula is C19H24N2O4S. The first-order chi connectivity index (χ1) is 12.1. The molecule has 2 N–H and O–H groups in total. The molecule has 6 nitrogen and oxygen atoms in total. The minimum Gasteiger partial charge on any atom is -0.492 e. The van der Waals surface area contributed by atoms with Crippen molar-refractivity contribution >= 4 is 21.6 Å². The Morgan fingerprint density at radius 2 is 1.77 bits per heavy atom. The number of carbonyl (C=O) groups is 1. The zero-order valence-electron chi connectivity index (χ0n) is 15.4. The highest BCUT2D eigenvalue weighted by molar-refractivity contribution is 7.92. The lowest BCUT2D eigenvalue weighted by molar-refractivity contribution is 0.0919. The molecule has 0 saturated carbocycles. The van der Waals surface area contributed by atoms with Gasteiger partial charge in [0.1, 0.15) is 5.75 Å². The van der Waals surface area contributed by atoms with Gasteiger partial charge in [0, 0.05) is 11.1 Å². The maximum absolute atomic E-state index is 12.7. The fraction of sp³-hybridized carbons (Fsp3) is 0.316. The molecule has 0 fully saturated rings. The summed E-state index contributed by atoms with van der Waals surface area (Å²) in [5.41, 5.74) is 0.209. The van der Waals surface area contributed by atoms with E-state index in [0.29, 0.717) is 18.0 Å². The predicted molar refractivity (Wildman–Crippen MR) is 102 cm³/mol. The molecule has 0 bridgehead atoms. The minimum atomic E-state index is -3.86. The molecule has 0 heterocycles. The van der Waals surface area contributed by atoms with E-state index in [0.717, 1.165) is 0 Å². The van der Waals surface area contributed by atoms with Crippen molar-refractivity contribution in [3.05, 3.63) is 54.1 Å². The molecule has 0 aliphatic heterocycles. The van der Waals surface area contributed by atoms with Crippen molar-refractivity contribution in [3.8, 4) is 5.75 Å². The zero-order chi connectivity index (χ0) is 19.4. The number of carbonyl (C=O) groups excluding carboxylic acids is 1. The fourth-order valence-corrected chi connectivity index (χ4v) is 3.37. The molecule has 2 aromatic rings. The monoisotopic (exact) mass is 376 g/mol. The Labute approximate surface area is 154 Å². The number of ether oxygens (including phenoxy) is 1. The van der Waals surface area contributed by atoms with Crippen molar-refractivity contribution in [1.82, 2.24) is 5.32 Å². The van der Waals surface area contributed by atoms with Gasteiger partial charge in [0.2, 0.25) is 0 Å². The van der Waals surface area contributed by atoms with Crippen molar-refractivity contribution < 1.29 is 17.9 Å². The van der Waals surface area contributed by atoms with Crippen LogP contribution in [0.3, 0.4) is 0 Å². The summed E-state index contributed by atoms with van der Waals surface area (Å²) in [6, 6.07) is 12.7. The second kappa shape index (κ2) is 7.78. The molecular weight excluding hydrogens is 352 g/mol. The number of hydrogen-bond acceptors (Lipinski definition) is 4. The summed E-state index contributed by atoms with van der Waals surface area (Å²) in [6.07, 6.45) is 0. The molecule has 140 valence electrons. The zero-order valence-corrected chi connectivity index (χ0v) is 16.2. The average molecular weight is 376 g/mol. The summed E-state index contributed by atoms with van der Waals surface area (Å²) >= 11 is 0. The van der Waals surface area contributed by atoms with Crippen LogP contribution in [0.4, 0.5) is 5.69 Å². The number of anilines is 1. The van der Waals surface area contributed by atoms with Crippen molar-refractivity contribution in [2.75, 3.05) is 11.3 Å². The Balaban J connectivity index is 2.30. The third-order valence-corrected chi connectivity index (χ3v) is 4.69. The highest BCUT2D eigenvalue weighted by Crippen LogP contribution is 2.26. The van der Waals surface area contributed by atoms with Crippen molar-refractivity contribution in [1.29, 1.82) is 0 Å². The summed E-state index contributed by atoms with van der Waals surface area (Å²) in [5, 5.41) is 2.82. The van der Waals surface area contributed by atoms with Crippen LogP contribution in [0, 0.1) is 0 Å². The summed E-state index contributed by atoms with van der Waals surface area (Å²) in [4.78, 5) is 12.3. The van der Waals surface area contributed by atoms with E-state index in [2.05, 4.69) is 10.0 Å². The molecule has 2 aromatic carbocycles. The number of amides is 1. The standard InChI is InChI=1S/C19H24N2O4S/c1-5-25-17-12-7-6-11-16(17)21-26(23,24)15-10-8-9-14(13-15)18(22)20-19(2,3)4/h6-13,21H,5H2,1-4H3,(H,20,22). The number of hydrogen-bond donors (Lipinski definition) is 2. The lowest BCUT2D eigenvalue weighted by Crippen LogP contribution is -2.40. The molecule has 7 heteroatoms. The van der Waals surface area contributed by atoms with Crippen molar-refractivity contribution in [2.24, 2.45) is 0 Å². The van der Waals surface area contributed by atoms with Gasteiger partial charge >= 0.3 is 0 Å². The van der Waals surface area contributed by atoms with Crippen molar-refractivity contribution in [3.63, 3.8) is 0 Å². The smallest absolute Gasteiger partial charge is 0.262 e. The molecule has 0 atom stereocenters. The molecule has 26 heavy (non-hydrogen) atoms. The van der Waals surface area contributed by atoms with E-state index in [9.17, 15) is 13.2 Å². The van der Waals surface area contributed by atoms with Gasteiger partial charge in [-0.1, -0.05) is 18.2 Å². The highest BCUT2D eigenvalue weighted by atomic mass is 32.2. The third-order valence-electron chi connectivity index (χ3n) is 3.33. The number of para-hydroxylation sites is 2. The second-order valence-corrected chi connectivity index (χ2v) is 8.45. The average Bonchev–Trinajstić information content (AvgIpc) is 2.55. The fourth-order valence-electron chi connectivity index (χ4n) is 2.25. The molecule has 2 rings (SSSR count). The Hall–Kier alpha value is -2.54. The lowest BCUT2D eigenvalue weighted by Gasteiger charge is -2.20. The van der Waals surface area contributed by atoms with Crippen LogP contribution in [0.5, 0.6) is 5.75 Å². The minimum absolute atomic E-state index is 0.00496. The van der Waals surface area contributed by atoms with Gasteiger partial charge in [0.15, 0.2) is 0 Å². The number of sulfonamides is 1. The molecule has 0 radical (unpaired) electrons. The first-order valence-corrected chi connectivity index (χ1v) is 9.78. The predicted octanol–water partition coefficient (Wildman–Crippen LogP) is 3.41. The molecule has 0 saturated heterocycles. The van der Waals surface area contributed by atoms with Crippen LogP contribution >= 0.6 is 0 Å². The van der Waals surface area contributed by atoms with Gasteiger partial charge in [-0.2, -0.15) is 0 Å². The van der Waals surface area contributed by atoms with Crippen LogP contribution in [-0.4, -0.2) is 26.5 Å². The van der Waals surface area contributed by atoms with E-state index in [1.54, 1.807) is 36.4 Å². The van der Waals surface area contributed by atoms with Gasteiger partial charge in [-0.25, -0.2) is 8.42 Å². The topological polar surface area (TPSA) is 84.5 Å². The molecule has 0 aromatic heterocycles. The van der Waals surface area contributed by atoms with Gasteiger partial charge in [0.05, 0.1) is 17.2 Å². The lowest BCUT2D eigenvalue weighted by atomic mass is 10.1. The number of benzene rings is 2. The Morgan fingerprint density at radius 1 is 1.08 bits per heavy atom. The van der Waals surface area contributed by atoms with E-state index < -0.39 is 15.6 Å². The van der Waals surface area contributed by atoms with Gasteiger partial charge in [0.25, 0.3) is 15.9 Å². The largest absolute Gasteiger partial charge is 0.492 e. The summed E-state index contributed by atoms with van der Waals surface area (Å²) < 4.78 is 33.4. The van der Waals surface area contributed by atoms with Crippen LogP contribution in [0.15, 0.2) is 53.4 Å². The van der Waals surface area contributed by atoms with Gasteiger partial charge in [-0.05, 0) is 58.0 Å². The van der Waals surface area contributed by atoms with Crippen LogP contribution in [0.1, 0.15) is 38.1 Å². The normalized spacial score (nSPS) is 11.7. The SMILES string of the molecule is CCOc1ccccc1NS(=O)(=O)c1cccc(C(=O)NC(C)(C)C)c1. The van der Waals surface area contributed by atoms with Gasteiger partial charge < -0.3 is 10.1 Å². The quantitative estimate of drug-likeness (QED) is 0.809. The maximum atomic E-state index is 12.7. The molecule has 0 unspecified atom stereocenters. The molecule has 0 aliphatic carbocycles. The van der Waals surface area contributed by atoms with E-state index in [1.807, 2.05) is 27.7 Å². The number of rotatable bonds is 6. The van der Waals surface area contributed by atoms with Gasteiger partial charge in [-0.3, -0.25) is 9.52 Å². The summed E-state index contributed by atoms with van der Waals surface area (Å²) in [5.74, 6) is 0.115. The molecule has 0 aliphatic rings. The third kappa shape index (κ3) is 5.23. The second-order valence-electron chi connectivity index (χ2n) is 6.77. The van der Waals surface area contributed by atoms with E-state index in [1.165, 1.54) is 12.1 Å². The van der Waals surface area contributed by atoms with E-state index in [4.69, 9.17) is 4.74 Å². The maximum Gasteiger partial charge on any atom is 0.262 e. The van der Waals surface area contributed by atoms with Crippen LogP contribution < -0.4 is 14.8 Å². The summed E-state index contributed by atoms with van der Waals surface area (Å²) in [6.45, 7) is 7.82.